The molecule has 21 heavy (non-hydrogen) atoms. The van der Waals surface area contributed by atoms with Crippen molar-refractivity contribution in [3.63, 3.8) is 0 Å². The highest BCUT2D eigenvalue weighted by molar-refractivity contribution is 14.0. The van der Waals surface area contributed by atoms with E-state index in [9.17, 15) is 0 Å². The number of nitrogens with two attached hydrogens (primary N) is 1. The summed E-state index contributed by atoms with van der Waals surface area (Å²) in [5.74, 6) is 1.30. The van der Waals surface area contributed by atoms with Gasteiger partial charge in [0.1, 0.15) is 0 Å². The maximum Gasteiger partial charge on any atom is 0.189 e. The predicted octanol–water partition coefficient (Wildman–Crippen LogP) is 3.21. The van der Waals surface area contributed by atoms with Crippen LogP contribution in [0.4, 0.5) is 0 Å². The molecule has 0 aromatic carbocycles. The smallest absolute Gasteiger partial charge is 0.189 e. The monoisotopic (exact) mass is 410 g/mol. The summed E-state index contributed by atoms with van der Waals surface area (Å²) in [5, 5.41) is 3.25. The number of hydrogen-bond acceptors (Lipinski definition) is 2. The lowest BCUT2D eigenvalue weighted by atomic mass is 9.93. The van der Waals surface area contributed by atoms with Gasteiger partial charge in [-0.1, -0.05) is 26.7 Å². The van der Waals surface area contributed by atoms with Crippen molar-refractivity contribution in [3.05, 3.63) is 0 Å². The molecule has 1 saturated heterocycles. The van der Waals surface area contributed by atoms with Crippen LogP contribution in [0.1, 0.15) is 60.3 Å². The Morgan fingerprint density at radius 1 is 1.19 bits per heavy atom. The highest BCUT2D eigenvalue weighted by Crippen LogP contribution is 2.23. The molecular formula is C16H35IN4. The van der Waals surface area contributed by atoms with Crippen molar-refractivity contribution in [1.82, 2.24) is 10.2 Å². The standard InChI is InChI=1S/C16H34N4.HI/c1-6-13(7-2)14(20-10-8-9-11-20)12-18-15(17)19-16(3,4)5;/h13-14H,6-12H2,1-5H3,(H3,17,18,19);1H. The van der Waals surface area contributed by atoms with Gasteiger partial charge in [-0.15, -0.1) is 24.0 Å². The number of hydrogen-bond donors (Lipinski definition) is 2. The minimum absolute atomic E-state index is 0. The molecule has 5 heteroatoms. The van der Waals surface area contributed by atoms with Gasteiger partial charge in [-0.2, -0.15) is 0 Å². The van der Waals surface area contributed by atoms with E-state index in [0.717, 1.165) is 12.5 Å². The maximum atomic E-state index is 6.01. The molecule has 126 valence electrons. The Morgan fingerprint density at radius 3 is 2.14 bits per heavy atom. The van der Waals surface area contributed by atoms with Crippen molar-refractivity contribution < 1.29 is 0 Å². The van der Waals surface area contributed by atoms with E-state index in [2.05, 4.69) is 49.8 Å². The second kappa shape index (κ2) is 9.87. The van der Waals surface area contributed by atoms with Gasteiger partial charge in [-0.25, -0.2) is 0 Å². The molecule has 0 saturated carbocycles. The van der Waals surface area contributed by atoms with Crippen LogP contribution in [-0.4, -0.2) is 42.1 Å². The summed E-state index contributed by atoms with van der Waals surface area (Å²) >= 11 is 0. The fraction of sp³-hybridized carbons (Fsp3) is 0.938. The second-order valence-electron chi connectivity index (χ2n) is 6.99. The van der Waals surface area contributed by atoms with Crippen LogP contribution in [0.25, 0.3) is 0 Å². The lowest BCUT2D eigenvalue weighted by Crippen LogP contribution is -2.46. The molecular weight excluding hydrogens is 375 g/mol. The zero-order valence-corrected chi connectivity index (χ0v) is 16.8. The summed E-state index contributed by atoms with van der Waals surface area (Å²) in [6.07, 6.45) is 5.10. The molecule has 0 bridgehead atoms. The first-order chi connectivity index (χ1) is 9.37. The number of nitrogens with one attached hydrogen (secondary N) is 1. The zero-order valence-electron chi connectivity index (χ0n) is 14.5. The van der Waals surface area contributed by atoms with E-state index >= 15 is 0 Å². The molecule has 0 aromatic rings. The molecule has 0 spiro atoms. The quantitative estimate of drug-likeness (QED) is 0.402. The Morgan fingerprint density at radius 2 is 1.71 bits per heavy atom. The van der Waals surface area contributed by atoms with E-state index in [1.807, 2.05) is 0 Å². The van der Waals surface area contributed by atoms with Crippen molar-refractivity contribution in [1.29, 1.82) is 0 Å². The van der Waals surface area contributed by atoms with Gasteiger partial charge in [0.2, 0.25) is 0 Å². The van der Waals surface area contributed by atoms with E-state index in [-0.39, 0.29) is 29.5 Å². The van der Waals surface area contributed by atoms with Crippen molar-refractivity contribution >= 4 is 29.9 Å². The van der Waals surface area contributed by atoms with Crippen molar-refractivity contribution in [2.45, 2.75) is 71.9 Å². The number of guanidine groups is 1. The van der Waals surface area contributed by atoms with E-state index in [1.54, 1.807) is 0 Å². The van der Waals surface area contributed by atoms with Crippen LogP contribution in [0.15, 0.2) is 4.99 Å². The van der Waals surface area contributed by atoms with Gasteiger partial charge in [0.05, 0.1) is 6.54 Å². The minimum Gasteiger partial charge on any atom is -0.370 e. The van der Waals surface area contributed by atoms with Crippen LogP contribution in [0.3, 0.4) is 0 Å². The topological polar surface area (TPSA) is 53.6 Å². The highest BCUT2D eigenvalue weighted by Gasteiger charge is 2.27. The molecule has 1 heterocycles. The number of likely N-dealkylation sites (tertiary alicyclic amines) is 1. The fourth-order valence-corrected chi connectivity index (χ4v) is 3.08. The first-order valence-electron chi connectivity index (χ1n) is 8.19. The van der Waals surface area contributed by atoms with Gasteiger partial charge in [0, 0.05) is 11.6 Å². The van der Waals surface area contributed by atoms with Crippen LogP contribution in [0, 0.1) is 5.92 Å². The van der Waals surface area contributed by atoms with Crippen LogP contribution < -0.4 is 11.1 Å². The third-order valence-corrected chi connectivity index (χ3v) is 4.15. The van der Waals surface area contributed by atoms with E-state index in [4.69, 9.17) is 5.73 Å². The Kier molecular flexibility index (Phi) is 9.85. The molecule has 4 nitrogen and oxygen atoms in total. The first kappa shape index (κ1) is 21.0. The average molecular weight is 410 g/mol. The number of nitrogens with zero attached hydrogens (tertiary/aromatic N) is 2. The normalized spacial score (nSPS) is 18.7. The van der Waals surface area contributed by atoms with Gasteiger partial charge < -0.3 is 11.1 Å². The van der Waals surface area contributed by atoms with E-state index in [1.165, 1.54) is 38.8 Å². The van der Waals surface area contributed by atoms with Crippen molar-refractivity contribution in [2.75, 3.05) is 19.6 Å². The lowest BCUT2D eigenvalue weighted by Gasteiger charge is -2.33. The fourth-order valence-electron chi connectivity index (χ4n) is 3.08. The third-order valence-electron chi connectivity index (χ3n) is 4.15. The van der Waals surface area contributed by atoms with Crippen LogP contribution in [0.5, 0.6) is 0 Å². The Bertz CT molecular complexity index is 300. The highest BCUT2D eigenvalue weighted by atomic mass is 127. The Balaban J connectivity index is 0.00000400. The molecule has 1 aliphatic heterocycles. The molecule has 1 atom stereocenters. The third kappa shape index (κ3) is 7.68. The molecule has 0 amide bonds. The van der Waals surface area contributed by atoms with E-state index < -0.39 is 0 Å². The number of halogens is 1. The molecule has 0 aliphatic carbocycles. The maximum absolute atomic E-state index is 6.01. The van der Waals surface area contributed by atoms with Gasteiger partial charge in [0.15, 0.2) is 5.96 Å². The van der Waals surface area contributed by atoms with Gasteiger partial charge >= 0.3 is 0 Å². The molecule has 1 unspecified atom stereocenters. The van der Waals surface area contributed by atoms with Crippen LogP contribution in [-0.2, 0) is 0 Å². The van der Waals surface area contributed by atoms with Crippen LogP contribution in [0.2, 0.25) is 0 Å². The Labute approximate surface area is 148 Å². The summed E-state index contributed by atoms with van der Waals surface area (Å²) in [5.41, 5.74) is 5.99. The summed E-state index contributed by atoms with van der Waals surface area (Å²) < 4.78 is 0. The SMILES string of the molecule is CCC(CC)C(CN=C(N)NC(C)(C)C)N1CCCC1.I. The number of rotatable bonds is 6. The number of aliphatic imine (C=N–C) groups is 1. The lowest BCUT2D eigenvalue weighted by molar-refractivity contribution is 0.172. The predicted molar refractivity (Wildman–Crippen MR) is 103 cm³/mol. The summed E-state index contributed by atoms with van der Waals surface area (Å²) in [6.45, 7) is 14.2. The average Bonchev–Trinajstić information content (AvgIpc) is 2.85. The summed E-state index contributed by atoms with van der Waals surface area (Å²) in [4.78, 5) is 7.23. The molecule has 1 rings (SSSR count). The molecule has 1 aliphatic rings. The Hall–Kier alpha value is -0.0400. The summed E-state index contributed by atoms with van der Waals surface area (Å²) in [6, 6.07) is 0.549. The van der Waals surface area contributed by atoms with Gasteiger partial charge in [-0.05, 0) is 52.6 Å². The molecule has 3 N–H and O–H groups in total. The minimum atomic E-state index is -0.0222. The first-order valence-corrected chi connectivity index (χ1v) is 8.19. The van der Waals surface area contributed by atoms with Crippen LogP contribution >= 0.6 is 24.0 Å². The van der Waals surface area contributed by atoms with Gasteiger partial charge in [0.25, 0.3) is 0 Å². The second-order valence-corrected chi connectivity index (χ2v) is 6.99. The molecule has 0 radical (unpaired) electrons. The largest absolute Gasteiger partial charge is 0.370 e. The summed E-state index contributed by atoms with van der Waals surface area (Å²) in [7, 11) is 0. The van der Waals surface area contributed by atoms with Gasteiger partial charge in [-0.3, -0.25) is 9.89 Å². The molecule has 1 fully saturated rings. The van der Waals surface area contributed by atoms with Crippen molar-refractivity contribution in [3.8, 4) is 0 Å². The van der Waals surface area contributed by atoms with Crippen molar-refractivity contribution in [2.24, 2.45) is 16.6 Å². The molecule has 0 aromatic heterocycles. The zero-order chi connectivity index (χ0) is 15.2. The van der Waals surface area contributed by atoms with E-state index in [0.29, 0.717) is 12.0 Å².